The highest BCUT2D eigenvalue weighted by Crippen LogP contribution is 1.98. The highest BCUT2D eigenvalue weighted by molar-refractivity contribution is 5.75. The molecule has 1 atom stereocenters. The Morgan fingerprint density at radius 2 is 2.08 bits per heavy atom. The molecule has 1 amide bonds. The van der Waals surface area contributed by atoms with Crippen LogP contribution in [-0.4, -0.2) is 31.5 Å². The predicted molar refractivity (Wildman–Crippen MR) is 46.8 cm³/mol. The summed E-state index contributed by atoms with van der Waals surface area (Å²) < 4.78 is 23.9. The maximum Gasteiger partial charge on any atom is 0.253 e. The summed E-state index contributed by atoms with van der Waals surface area (Å²) in [6.07, 6.45) is -2.14. The molecule has 5 heteroatoms. The van der Waals surface area contributed by atoms with Gasteiger partial charge in [0.2, 0.25) is 5.91 Å². The van der Waals surface area contributed by atoms with Crippen LogP contribution in [0, 0.1) is 0 Å². The van der Waals surface area contributed by atoms with Crippen LogP contribution in [0.3, 0.4) is 0 Å². The van der Waals surface area contributed by atoms with E-state index in [1.807, 2.05) is 6.92 Å². The van der Waals surface area contributed by atoms with E-state index in [0.717, 1.165) is 0 Å². The maximum absolute atomic E-state index is 11.9. The molecule has 78 valence electrons. The Morgan fingerprint density at radius 3 is 2.54 bits per heavy atom. The van der Waals surface area contributed by atoms with Crippen molar-refractivity contribution in [3.05, 3.63) is 0 Å². The number of rotatable bonds is 6. The molecule has 0 radical (unpaired) electrons. The van der Waals surface area contributed by atoms with E-state index in [4.69, 9.17) is 0 Å². The largest absolute Gasteiger partial charge is 0.356 e. The molecule has 1 unspecified atom stereocenters. The van der Waals surface area contributed by atoms with Crippen molar-refractivity contribution in [1.82, 2.24) is 10.6 Å². The average Bonchev–Trinajstić information content (AvgIpc) is 2.04. The second-order valence-electron chi connectivity index (χ2n) is 2.78. The molecule has 13 heavy (non-hydrogen) atoms. The SMILES string of the molecule is CCNC(=O)CCNC(C)C(F)F. The minimum Gasteiger partial charge on any atom is -0.356 e. The molecule has 0 bridgehead atoms. The quantitative estimate of drug-likeness (QED) is 0.655. The topological polar surface area (TPSA) is 41.1 Å². The lowest BCUT2D eigenvalue weighted by atomic mass is 10.3. The number of hydrogen-bond acceptors (Lipinski definition) is 2. The first-order valence-corrected chi connectivity index (χ1v) is 4.36. The molecule has 2 N–H and O–H groups in total. The fraction of sp³-hybridized carbons (Fsp3) is 0.875. The Bertz CT molecular complexity index is 153. The van der Waals surface area contributed by atoms with E-state index in [2.05, 4.69) is 10.6 Å². The summed E-state index contributed by atoms with van der Waals surface area (Å²) in [5, 5.41) is 5.14. The Morgan fingerprint density at radius 1 is 1.46 bits per heavy atom. The number of halogens is 2. The molecule has 0 saturated carbocycles. The summed E-state index contributed by atoms with van der Waals surface area (Å²) in [6, 6.07) is -0.852. The average molecular weight is 194 g/mol. The standard InChI is InChI=1S/C8H16F2N2O/c1-3-11-7(13)4-5-12-6(2)8(9)10/h6,8,12H,3-5H2,1-2H3,(H,11,13). The zero-order chi connectivity index (χ0) is 10.3. The molecule has 0 spiro atoms. The molecule has 0 saturated heterocycles. The molecule has 0 fully saturated rings. The zero-order valence-corrected chi connectivity index (χ0v) is 7.94. The maximum atomic E-state index is 11.9. The first kappa shape index (κ1) is 12.3. The van der Waals surface area contributed by atoms with Gasteiger partial charge in [0, 0.05) is 19.5 Å². The smallest absolute Gasteiger partial charge is 0.253 e. The third-order valence-corrected chi connectivity index (χ3v) is 1.57. The number of nitrogens with one attached hydrogen (secondary N) is 2. The highest BCUT2D eigenvalue weighted by Gasteiger charge is 2.13. The van der Waals surface area contributed by atoms with Crippen molar-refractivity contribution in [2.24, 2.45) is 0 Å². The second kappa shape index (κ2) is 6.77. The van der Waals surface area contributed by atoms with Crippen LogP contribution in [0.1, 0.15) is 20.3 Å². The molecule has 0 heterocycles. The van der Waals surface area contributed by atoms with Gasteiger partial charge in [-0.05, 0) is 13.8 Å². The Kier molecular flexibility index (Phi) is 6.40. The second-order valence-corrected chi connectivity index (χ2v) is 2.78. The van der Waals surface area contributed by atoms with Crippen molar-refractivity contribution in [3.8, 4) is 0 Å². The van der Waals surface area contributed by atoms with E-state index in [9.17, 15) is 13.6 Å². The van der Waals surface area contributed by atoms with E-state index in [1.54, 1.807) is 0 Å². The number of carbonyl (C=O) groups is 1. The van der Waals surface area contributed by atoms with Gasteiger partial charge < -0.3 is 10.6 Å². The monoisotopic (exact) mass is 194 g/mol. The van der Waals surface area contributed by atoms with Gasteiger partial charge in [-0.1, -0.05) is 0 Å². The van der Waals surface area contributed by atoms with Crippen LogP contribution < -0.4 is 10.6 Å². The van der Waals surface area contributed by atoms with E-state index in [-0.39, 0.29) is 18.9 Å². The highest BCUT2D eigenvalue weighted by atomic mass is 19.3. The molecule has 0 aliphatic heterocycles. The van der Waals surface area contributed by atoms with Crippen LogP contribution >= 0.6 is 0 Å². The number of hydrogen-bond donors (Lipinski definition) is 2. The summed E-state index contributed by atoms with van der Waals surface area (Å²) >= 11 is 0. The number of carbonyl (C=O) groups excluding carboxylic acids is 1. The van der Waals surface area contributed by atoms with Crippen LogP contribution in [0.2, 0.25) is 0 Å². The van der Waals surface area contributed by atoms with Crippen molar-refractivity contribution in [2.75, 3.05) is 13.1 Å². The molecule has 0 aromatic carbocycles. The first-order chi connectivity index (χ1) is 6.07. The van der Waals surface area contributed by atoms with E-state index in [1.165, 1.54) is 6.92 Å². The molecule has 0 rings (SSSR count). The third-order valence-electron chi connectivity index (χ3n) is 1.57. The Balaban J connectivity index is 3.39. The molecule has 0 aliphatic carbocycles. The van der Waals surface area contributed by atoms with Gasteiger partial charge in [0.1, 0.15) is 0 Å². The lowest BCUT2D eigenvalue weighted by molar-refractivity contribution is -0.120. The minimum atomic E-state index is -2.38. The van der Waals surface area contributed by atoms with Gasteiger partial charge >= 0.3 is 0 Å². The fourth-order valence-electron chi connectivity index (χ4n) is 0.788. The fourth-order valence-corrected chi connectivity index (χ4v) is 0.788. The van der Waals surface area contributed by atoms with Crippen LogP contribution in [0.4, 0.5) is 8.78 Å². The van der Waals surface area contributed by atoms with Crippen LogP contribution in [0.5, 0.6) is 0 Å². The molecule has 0 aliphatic rings. The van der Waals surface area contributed by atoms with Gasteiger partial charge in [0.25, 0.3) is 6.43 Å². The summed E-state index contributed by atoms with van der Waals surface area (Å²) in [5.74, 6) is -0.114. The van der Waals surface area contributed by atoms with Crippen molar-refractivity contribution in [1.29, 1.82) is 0 Å². The predicted octanol–water partition coefficient (Wildman–Crippen LogP) is 0.756. The first-order valence-electron chi connectivity index (χ1n) is 4.36. The zero-order valence-electron chi connectivity index (χ0n) is 7.94. The van der Waals surface area contributed by atoms with Crippen LogP contribution in [0.15, 0.2) is 0 Å². The van der Waals surface area contributed by atoms with Gasteiger partial charge in [-0.2, -0.15) is 0 Å². The van der Waals surface area contributed by atoms with Gasteiger partial charge in [-0.15, -0.1) is 0 Å². The molecular formula is C8H16F2N2O. The Hall–Kier alpha value is -0.710. The molecule has 3 nitrogen and oxygen atoms in total. The van der Waals surface area contributed by atoms with Gasteiger partial charge in [-0.25, -0.2) is 8.78 Å². The number of amides is 1. The van der Waals surface area contributed by atoms with Gasteiger partial charge in [0.15, 0.2) is 0 Å². The Labute approximate surface area is 76.9 Å². The van der Waals surface area contributed by atoms with Crippen LogP contribution in [-0.2, 0) is 4.79 Å². The van der Waals surface area contributed by atoms with Crippen molar-refractivity contribution in [2.45, 2.75) is 32.7 Å². The van der Waals surface area contributed by atoms with Gasteiger partial charge in [-0.3, -0.25) is 4.79 Å². The third kappa shape index (κ3) is 6.45. The number of alkyl halides is 2. The van der Waals surface area contributed by atoms with Crippen molar-refractivity contribution < 1.29 is 13.6 Å². The normalized spacial score (nSPS) is 13.0. The summed E-state index contributed by atoms with van der Waals surface area (Å²) in [4.78, 5) is 10.9. The molecule has 0 aromatic heterocycles. The minimum absolute atomic E-state index is 0.114. The molecular weight excluding hydrogens is 178 g/mol. The summed E-state index contributed by atoms with van der Waals surface area (Å²) in [5.41, 5.74) is 0. The summed E-state index contributed by atoms with van der Waals surface area (Å²) in [6.45, 7) is 4.07. The lowest BCUT2D eigenvalue weighted by Crippen LogP contribution is -2.35. The summed E-state index contributed by atoms with van der Waals surface area (Å²) in [7, 11) is 0. The van der Waals surface area contributed by atoms with Crippen LogP contribution in [0.25, 0.3) is 0 Å². The van der Waals surface area contributed by atoms with E-state index >= 15 is 0 Å². The van der Waals surface area contributed by atoms with E-state index < -0.39 is 12.5 Å². The van der Waals surface area contributed by atoms with Crippen molar-refractivity contribution in [3.63, 3.8) is 0 Å². The van der Waals surface area contributed by atoms with E-state index in [0.29, 0.717) is 6.54 Å². The molecule has 0 aromatic rings. The lowest BCUT2D eigenvalue weighted by Gasteiger charge is -2.11. The van der Waals surface area contributed by atoms with Crippen molar-refractivity contribution >= 4 is 5.91 Å². The van der Waals surface area contributed by atoms with Gasteiger partial charge in [0.05, 0.1) is 6.04 Å².